The van der Waals surface area contributed by atoms with E-state index in [0.29, 0.717) is 5.56 Å². The first-order valence-corrected chi connectivity index (χ1v) is 6.50. The lowest BCUT2D eigenvalue weighted by molar-refractivity contribution is -0.206. The Morgan fingerprint density at radius 1 is 0.957 bits per heavy atom. The molecule has 3 nitrogen and oxygen atoms in total. The molecule has 0 radical (unpaired) electrons. The second-order valence-electron chi connectivity index (χ2n) is 4.85. The molecule has 1 aromatic carbocycles. The highest BCUT2D eigenvalue weighted by atomic mass is 19.4. The van der Waals surface area contributed by atoms with Crippen molar-refractivity contribution in [2.45, 2.75) is 38.2 Å². The third kappa shape index (κ3) is 5.26. The first-order valence-electron chi connectivity index (χ1n) is 6.50. The number of hydrogen-bond acceptors (Lipinski definition) is 2. The Hall–Kier alpha value is -2.06. The Kier molecular flexibility index (Phi) is 5.79. The standard InChI is InChI=1S/C14H13F6NO2/c1-9(7-8-10-5-3-2-4-6-10)21(11(22)13(15,16)17)12(23)14(18,19)20/h2-6,9H,7-8H2,1H3. The maximum atomic E-state index is 12.5. The van der Waals surface area contributed by atoms with Crippen molar-refractivity contribution in [3.05, 3.63) is 35.9 Å². The molecule has 1 unspecified atom stereocenters. The van der Waals surface area contributed by atoms with E-state index in [1.54, 1.807) is 30.3 Å². The number of aryl methyl sites for hydroxylation is 1. The number of carbonyl (C=O) groups is 2. The first-order chi connectivity index (χ1) is 10.4. The van der Waals surface area contributed by atoms with Gasteiger partial charge in [-0.1, -0.05) is 30.3 Å². The van der Waals surface area contributed by atoms with E-state index in [-0.39, 0.29) is 12.8 Å². The first kappa shape index (κ1) is 19.0. The van der Waals surface area contributed by atoms with Gasteiger partial charge in [-0.15, -0.1) is 0 Å². The number of halogens is 6. The van der Waals surface area contributed by atoms with Gasteiger partial charge in [-0.2, -0.15) is 26.3 Å². The van der Waals surface area contributed by atoms with E-state index in [1.807, 2.05) is 0 Å². The van der Waals surface area contributed by atoms with E-state index in [4.69, 9.17) is 0 Å². The minimum atomic E-state index is -5.57. The Morgan fingerprint density at radius 3 is 1.78 bits per heavy atom. The summed E-state index contributed by atoms with van der Waals surface area (Å²) in [4.78, 5) is 21.6. The van der Waals surface area contributed by atoms with Crippen LogP contribution >= 0.6 is 0 Å². The van der Waals surface area contributed by atoms with Crippen LogP contribution in [0.1, 0.15) is 18.9 Å². The topological polar surface area (TPSA) is 37.4 Å². The van der Waals surface area contributed by atoms with Gasteiger partial charge in [0.1, 0.15) is 0 Å². The van der Waals surface area contributed by atoms with Crippen LogP contribution in [0.5, 0.6) is 0 Å². The number of hydrogen-bond donors (Lipinski definition) is 0. The van der Waals surface area contributed by atoms with Crippen LogP contribution in [0.2, 0.25) is 0 Å². The Balaban J connectivity index is 2.95. The Labute approximate surface area is 127 Å². The zero-order chi connectivity index (χ0) is 17.8. The predicted octanol–water partition coefficient (Wildman–Crippen LogP) is 3.49. The number of imide groups is 1. The van der Waals surface area contributed by atoms with Crippen molar-refractivity contribution in [3.63, 3.8) is 0 Å². The molecule has 0 saturated carbocycles. The van der Waals surface area contributed by atoms with Gasteiger partial charge in [0.2, 0.25) is 0 Å². The molecule has 0 aliphatic rings. The molecule has 0 fully saturated rings. The lowest BCUT2D eigenvalue weighted by atomic mass is 10.0. The molecule has 0 bridgehead atoms. The number of benzene rings is 1. The second-order valence-corrected chi connectivity index (χ2v) is 4.85. The van der Waals surface area contributed by atoms with Gasteiger partial charge in [0, 0.05) is 6.04 Å². The van der Waals surface area contributed by atoms with Gasteiger partial charge in [-0.25, -0.2) is 0 Å². The summed E-state index contributed by atoms with van der Waals surface area (Å²) >= 11 is 0. The third-order valence-corrected chi connectivity index (χ3v) is 3.06. The predicted molar refractivity (Wildman–Crippen MR) is 68.2 cm³/mol. The molecular formula is C14H13F6NO2. The summed E-state index contributed by atoms with van der Waals surface area (Å²) in [6.45, 7) is 0.968. The molecule has 0 aliphatic heterocycles. The van der Waals surface area contributed by atoms with E-state index in [9.17, 15) is 35.9 Å². The third-order valence-electron chi connectivity index (χ3n) is 3.06. The van der Waals surface area contributed by atoms with Crippen molar-refractivity contribution in [2.75, 3.05) is 0 Å². The maximum absolute atomic E-state index is 12.5. The summed E-state index contributed by atoms with van der Waals surface area (Å²) in [5, 5.41) is 0. The van der Waals surface area contributed by atoms with E-state index in [1.165, 1.54) is 0 Å². The highest BCUT2D eigenvalue weighted by Gasteiger charge is 2.53. The summed E-state index contributed by atoms with van der Waals surface area (Å²) in [6.07, 6.45) is -11.2. The molecule has 0 N–H and O–H groups in total. The molecule has 2 amide bonds. The van der Waals surface area contributed by atoms with Crippen LogP contribution in [0.3, 0.4) is 0 Å². The quantitative estimate of drug-likeness (QED) is 0.786. The fourth-order valence-electron chi connectivity index (χ4n) is 1.92. The van der Waals surface area contributed by atoms with Crippen LogP contribution in [0, 0.1) is 0 Å². The smallest absolute Gasteiger partial charge is 0.264 e. The largest absolute Gasteiger partial charge is 0.471 e. The fraction of sp³-hybridized carbons (Fsp3) is 0.429. The molecule has 0 saturated heterocycles. The molecule has 0 heterocycles. The van der Waals surface area contributed by atoms with Crippen LogP contribution < -0.4 is 0 Å². The van der Waals surface area contributed by atoms with Crippen LogP contribution in [0.15, 0.2) is 30.3 Å². The SMILES string of the molecule is CC(CCc1ccccc1)N(C(=O)C(F)(F)F)C(=O)C(F)(F)F. The van der Waals surface area contributed by atoms with Gasteiger partial charge in [0.25, 0.3) is 0 Å². The van der Waals surface area contributed by atoms with Crippen LogP contribution in [-0.4, -0.2) is 35.1 Å². The maximum Gasteiger partial charge on any atom is 0.471 e. The molecular weight excluding hydrogens is 328 g/mol. The molecule has 23 heavy (non-hydrogen) atoms. The molecule has 0 aromatic heterocycles. The fourth-order valence-corrected chi connectivity index (χ4v) is 1.92. The van der Waals surface area contributed by atoms with Crippen LogP contribution in [0.4, 0.5) is 26.3 Å². The van der Waals surface area contributed by atoms with Gasteiger partial charge in [-0.3, -0.25) is 14.5 Å². The van der Waals surface area contributed by atoms with Crippen LogP contribution in [0.25, 0.3) is 0 Å². The molecule has 1 aromatic rings. The highest BCUT2D eigenvalue weighted by molar-refractivity contribution is 6.00. The second kappa shape index (κ2) is 7.01. The van der Waals surface area contributed by atoms with Gasteiger partial charge in [0.15, 0.2) is 0 Å². The van der Waals surface area contributed by atoms with Crippen LogP contribution in [-0.2, 0) is 16.0 Å². The molecule has 128 valence electrons. The monoisotopic (exact) mass is 341 g/mol. The van der Waals surface area contributed by atoms with E-state index >= 15 is 0 Å². The van der Waals surface area contributed by atoms with Gasteiger partial charge < -0.3 is 0 Å². The molecule has 1 rings (SSSR count). The van der Waals surface area contributed by atoms with Gasteiger partial charge in [-0.05, 0) is 25.3 Å². The lowest BCUT2D eigenvalue weighted by Crippen LogP contribution is -2.54. The molecule has 0 spiro atoms. The van der Waals surface area contributed by atoms with Gasteiger partial charge in [0.05, 0.1) is 0 Å². The summed E-state index contributed by atoms with van der Waals surface area (Å²) < 4.78 is 74.8. The van der Waals surface area contributed by atoms with Crippen molar-refractivity contribution in [3.8, 4) is 0 Å². The normalized spacial score (nSPS) is 13.5. The summed E-state index contributed by atoms with van der Waals surface area (Å²) in [5.41, 5.74) is 0.665. The number of amides is 2. The van der Waals surface area contributed by atoms with Crippen molar-refractivity contribution < 1.29 is 35.9 Å². The van der Waals surface area contributed by atoms with Gasteiger partial charge >= 0.3 is 24.2 Å². The summed E-state index contributed by atoms with van der Waals surface area (Å²) in [5.74, 6) is -5.64. The Morgan fingerprint density at radius 2 is 1.39 bits per heavy atom. The van der Waals surface area contributed by atoms with E-state index in [0.717, 1.165) is 6.92 Å². The average molecular weight is 341 g/mol. The molecule has 1 atom stereocenters. The lowest BCUT2D eigenvalue weighted by Gasteiger charge is -2.28. The number of nitrogens with zero attached hydrogens (tertiary/aromatic N) is 1. The summed E-state index contributed by atoms with van der Waals surface area (Å²) in [6, 6.07) is 6.71. The minimum absolute atomic E-state index is 0.120. The number of alkyl halides is 6. The van der Waals surface area contributed by atoms with Crippen molar-refractivity contribution in [2.24, 2.45) is 0 Å². The zero-order valence-corrected chi connectivity index (χ0v) is 11.9. The van der Waals surface area contributed by atoms with Crippen molar-refractivity contribution in [1.82, 2.24) is 4.90 Å². The van der Waals surface area contributed by atoms with Crippen molar-refractivity contribution in [1.29, 1.82) is 0 Å². The molecule has 9 heteroatoms. The zero-order valence-electron chi connectivity index (χ0n) is 11.9. The van der Waals surface area contributed by atoms with Crippen molar-refractivity contribution >= 4 is 11.8 Å². The number of carbonyl (C=O) groups excluding carboxylic acids is 2. The minimum Gasteiger partial charge on any atom is -0.264 e. The van der Waals surface area contributed by atoms with E-state index < -0.39 is 35.1 Å². The Bertz CT molecular complexity index is 527. The van der Waals surface area contributed by atoms with E-state index in [2.05, 4.69) is 0 Å². The highest BCUT2D eigenvalue weighted by Crippen LogP contribution is 2.27. The molecule has 0 aliphatic carbocycles. The summed E-state index contributed by atoms with van der Waals surface area (Å²) in [7, 11) is 0. The average Bonchev–Trinajstić information content (AvgIpc) is 2.44. The number of rotatable bonds is 4.